The molecule has 0 radical (unpaired) electrons. The van der Waals surface area contributed by atoms with Crippen molar-refractivity contribution in [3.8, 4) is 0 Å². The first-order valence-corrected chi connectivity index (χ1v) is 6.80. The Hall–Kier alpha value is -1.20. The number of likely N-dealkylation sites (N-methyl/N-ethyl adjacent to an activating group) is 1. The predicted octanol–water partition coefficient (Wildman–Crippen LogP) is 2.12. The number of halogens is 1. The molecule has 1 rings (SSSR count). The van der Waals surface area contributed by atoms with Crippen LogP contribution in [0.3, 0.4) is 0 Å². The molecule has 0 unspecified atom stereocenters. The van der Waals surface area contributed by atoms with Gasteiger partial charge in [0, 0.05) is 17.8 Å². The van der Waals surface area contributed by atoms with Crippen molar-refractivity contribution in [1.29, 1.82) is 0 Å². The van der Waals surface area contributed by atoms with Crippen LogP contribution in [0.1, 0.15) is 5.56 Å². The molecule has 6 heteroatoms. The van der Waals surface area contributed by atoms with Crippen molar-refractivity contribution < 1.29 is 14.7 Å². The lowest BCUT2D eigenvalue weighted by Gasteiger charge is -2.13. The van der Waals surface area contributed by atoms with Gasteiger partial charge in [-0.2, -0.15) is 0 Å². The zero-order chi connectivity index (χ0) is 13.5. The molecular formula is C12H14ClNO3S. The molecule has 0 fully saturated rings. The monoisotopic (exact) mass is 287 g/mol. The Morgan fingerprint density at radius 3 is 2.50 bits per heavy atom. The van der Waals surface area contributed by atoms with Gasteiger partial charge >= 0.3 is 5.97 Å². The lowest BCUT2D eigenvalue weighted by molar-refractivity contribution is -0.142. The van der Waals surface area contributed by atoms with Gasteiger partial charge in [-0.15, -0.1) is 11.8 Å². The van der Waals surface area contributed by atoms with Gasteiger partial charge in [0.15, 0.2) is 0 Å². The largest absolute Gasteiger partial charge is 0.480 e. The third kappa shape index (κ3) is 5.42. The maximum Gasteiger partial charge on any atom is 0.323 e. The second kappa shape index (κ2) is 7.28. The number of nitrogens with zero attached hydrogens (tertiary/aromatic N) is 1. The zero-order valence-corrected chi connectivity index (χ0v) is 11.5. The lowest BCUT2D eigenvalue weighted by atomic mass is 10.2. The van der Waals surface area contributed by atoms with E-state index >= 15 is 0 Å². The number of carboxylic acid groups (broad SMARTS) is 1. The van der Waals surface area contributed by atoms with Crippen LogP contribution in [0.25, 0.3) is 0 Å². The van der Waals surface area contributed by atoms with Crippen molar-refractivity contribution in [2.24, 2.45) is 0 Å². The number of hydrogen-bond donors (Lipinski definition) is 1. The maximum atomic E-state index is 11.5. The summed E-state index contributed by atoms with van der Waals surface area (Å²) in [4.78, 5) is 23.2. The van der Waals surface area contributed by atoms with E-state index in [4.69, 9.17) is 16.7 Å². The smallest absolute Gasteiger partial charge is 0.323 e. The number of carbonyl (C=O) groups excluding carboxylic acids is 1. The van der Waals surface area contributed by atoms with Gasteiger partial charge in [0.25, 0.3) is 0 Å². The van der Waals surface area contributed by atoms with Crippen molar-refractivity contribution >= 4 is 35.2 Å². The number of carbonyl (C=O) groups is 2. The molecule has 0 aliphatic carbocycles. The maximum absolute atomic E-state index is 11.5. The van der Waals surface area contributed by atoms with Crippen LogP contribution in [-0.2, 0) is 15.3 Å². The van der Waals surface area contributed by atoms with E-state index in [0.29, 0.717) is 10.8 Å². The van der Waals surface area contributed by atoms with E-state index in [-0.39, 0.29) is 18.2 Å². The van der Waals surface area contributed by atoms with Crippen LogP contribution >= 0.6 is 23.4 Å². The summed E-state index contributed by atoms with van der Waals surface area (Å²) in [5, 5.41) is 9.23. The van der Waals surface area contributed by atoms with Gasteiger partial charge in [-0.25, -0.2) is 0 Å². The van der Waals surface area contributed by atoms with Gasteiger partial charge in [-0.05, 0) is 17.7 Å². The van der Waals surface area contributed by atoms with Crippen molar-refractivity contribution in [1.82, 2.24) is 4.90 Å². The van der Waals surface area contributed by atoms with E-state index in [1.165, 1.54) is 23.7 Å². The minimum Gasteiger partial charge on any atom is -0.480 e. The molecule has 0 bridgehead atoms. The van der Waals surface area contributed by atoms with Crippen LogP contribution in [0, 0.1) is 0 Å². The zero-order valence-electron chi connectivity index (χ0n) is 9.93. The molecule has 0 heterocycles. The fourth-order valence-electron chi connectivity index (χ4n) is 1.24. The summed E-state index contributed by atoms with van der Waals surface area (Å²) in [7, 11) is 1.49. The van der Waals surface area contributed by atoms with Gasteiger partial charge in [-0.3, -0.25) is 9.59 Å². The van der Waals surface area contributed by atoms with E-state index in [1.54, 1.807) is 12.1 Å². The fraction of sp³-hybridized carbons (Fsp3) is 0.333. The van der Waals surface area contributed by atoms with E-state index < -0.39 is 5.97 Å². The summed E-state index contributed by atoms with van der Waals surface area (Å²) in [5.41, 5.74) is 1.08. The molecule has 0 aliphatic heterocycles. The summed E-state index contributed by atoms with van der Waals surface area (Å²) in [6.45, 7) is -0.264. The van der Waals surface area contributed by atoms with Crippen LogP contribution in [0.15, 0.2) is 24.3 Å². The van der Waals surface area contributed by atoms with Crippen LogP contribution in [0.2, 0.25) is 5.02 Å². The topological polar surface area (TPSA) is 57.6 Å². The second-order valence-electron chi connectivity index (χ2n) is 3.76. The fourth-order valence-corrected chi connectivity index (χ4v) is 2.29. The number of amides is 1. The summed E-state index contributed by atoms with van der Waals surface area (Å²) in [5.74, 6) is -0.221. The highest BCUT2D eigenvalue weighted by Gasteiger charge is 2.11. The third-order valence-electron chi connectivity index (χ3n) is 2.21. The van der Waals surface area contributed by atoms with Crippen LogP contribution in [-0.4, -0.2) is 41.2 Å². The highest BCUT2D eigenvalue weighted by Crippen LogP contribution is 2.15. The Labute approximate surface area is 115 Å². The molecule has 98 valence electrons. The summed E-state index contributed by atoms with van der Waals surface area (Å²) < 4.78 is 0. The van der Waals surface area contributed by atoms with Crippen LogP contribution in [0.4, 0.5) is 0 Å². The average molecular weight is 288 g/mol. The molecule has 0 saturated heterocycles. The molecule has 0 atom stereocenters. The molecule has 0 aromatic heterocycles. The highest BCUT2D eigenvalue weighted by atomic mass is 35.5. The van der Waals surface area contributed by atoms with E-state index in [2.05, 4.69) is 0 Å². The SMILES string of the molecule is CN(CC(=O)O)C(=O)CSCc1ccc(Cl)cc1. The van der Waals surface area contributed by atoms with Crippen molar-refractivity contribution in [2.45, 2.75) is 5.75 Å². The van der Waals surface area contributed by atoms with Gasteiger partial charge in [0.05, 0.1) is 5.75 Å². The summed E-state index contributed by atoms with van der Waals surface area (Å²) in [6, 6.07) is 7.41. The van der Waals surface area contributed by atoms with Crippen LogP contribution in [0.5, 0.6) is 0 Å². The lowest BCUT2D eigenvalue weighted by Crippen LogP contribution is -2.33. The summed E-state index contributed by atoms with van der Waals surface area (Å²) in [6.07, 6.45) is 0. The number of carboxylic acids is 1. The Kier molecular flexibility index (Phi) is 6.01. The minimum absolute atomic E-state index is 0.184. The van der Waals surface area contributed by atoms with Crippen molar-refractivity contribution in [2.75, 3.05) is 19.3 Å². The molecule has 1 N–H and O–H groups in total. The Bertz CT molecular complexity index is 422. The predicted molar refractivity (Wildman–Crippen MR) is 72.9 cm³/mol. The summed E-state index contributed by atoms with van der Waals surface area (Å²) >= 11 is 7.21. The van der Waals surface area contributed by atoms with E-state index in [9.17, 15) is 9.59 Å². The second-order valence-corrected chi connectivity index (χ2v) is 5.18. The van der Waals surface area contributed by atoms with Gasteiger partial charge in [0.1, 0.15) is 6.54 Å². The molecule has 0 saturated carbocycles. The van der Waals surface area contributed by atoms with Crippen molar-refractivity contribution in [3.63, 3.8) is 0 Å². The van der Waals surface area contributed by atoms with E-state index in [1.807, 2.05) is 12.1 Å². The van der Waals surface area contributed by atoms with Gasteiger partial charge in [-0.1, -0.05) is 23.7 Å². The molecule has 0 spiro atoms. The Balaban J connectivity index is 2.31. The number of rotatable bonds is 6. The first-order chi connectivity index (χ1) is 8.49. The quantitative estimate of drug-likeness (QED) is 0.871. The Morgan fingerprint density at radius 2 is 1.94 bits per heavy atom. The molecule has 4 nitrogen and oxygen atoms in total. The molecular weight excluding hydrogens is 274 g/mol. The van der Waals surface area contributed by atoms with Gasteiger partial charge < -0.3 is 10.0 Å². The van der Waals surface area contributed by atoms with E-state index in [0.717, 1.165) is 5.56 Å². The molecule has 1 aromatic rings. The number of aliphatic carboxylic acids is 1. The molecule has 1 aromatic carbocycles. The normalized spacial score (nSPS) is 10.1. The van der Waals surface area contributed by atoms with Crippen molar-refractivity contribution in [3.05, 3.63) is 34.9 Å². The molecule has 0 aliphatic rings. The molecule has 18 heavy (non-hydrogen) atoms. The first kappa shape index (κ1) is 14.9. The standard InChI is InChI=1S/C12H14ClNO3S/c1-14(6-12(16)17)11(15)8-18-7-9-2-4-10(13)5-3-9/h2-5H,6-8H2,1H3,(H,16,17). The number of hydrogen-bond acceptors (Lipinski definition) is 3. The Morgan fingerprint density at radius 1 is 1.33 bits per heavy atom. The van der Waals surface area contributed by atoms with Crippen LogP contribution < -0.4 is 0 Å². The number of benzene rings is 1. The van der Waals surface area contributed by atoms with Gasteiger partial charge in [0.2, 0.25) is 5.91 Å². The third-order valence-corrected chi connectivity index (χ3v) is 3.45. The molecule has 1 amide bonds. The number of thioether (sulfide) groups is 1. The highest BCUT2D eigenvalue weighted by molar-refractivity contribution is 7.99. The first-order valence-electron chi connectivity index (χ1n) is 5.27. The minimum atomic E-state index is -1.01. The average Bonchev–Trinajstić information content (AvgIpc) is 2.30.